The van der Waals surface area contributed by atoms with Crippen molar-refractivity contribution < 1.29 is 9.90 Å². The van der Waals surface area contributed by atoms with Gasteiger partial charge in [0.05, 0.1) is 15.9 Å². The molecule has 1 N–H and O–H groups in total. The molecule has 1 unspecified atom stereocenters. The number of carbonyl (C=O) groups excluding carboxylic acids is 1. The van der Waals surface area contributed by atoms with Crippen molar-refractivity contribution in [3.05, 3.63) is 9.98 Å². The van der Waals surface area contributed by atoms with E-state index in [1.54, 1.807) is 6.20 Å². The molecule has 2 heterocycles. The number of hydrogen-bond donors (Lipinski definition) is 1. The Hall–Kier alpha value is -0.110. The van der Waals surface area contributed by atoms with Gasteiger partial charge in [-0.3, -0.25) is 9.69 Å². The lowest BCUT2D eigenvalue weighted by molar-refractivity contribution is -0.121. The molecule has 0 aliphatic carbocycles. The molecule has 0 spiro atoms. The second-order valence-electron chi connectivity index (χ2n) is 2.36. The van der Waals surface area contributed by atoms with Crippen LogP contribution in [0.2, 0.25) is 0 Å². The van der Waals surface area contributed by atoms with Crippen LogP contribution in [0.4, 0.5) is 5.13 Å². The molecule has 4 nitrogen and oxygen atoms in total. The van der Waals surface area contributed by atoms with Crippen LogP contribution in [0.3, 0.4) is 0 Å². The lowest BCUT2D eigenvalue weighted by atomic mass is 10.6. The summed E-state index contributed by atoms with van der Waals surface area (Å²) in [5.41, 5.74) is -0.928. The monoisotopic (exact) mass is 280 g/mol. The van der Waals surface area contributed by atoms with Crippen LogP contribution in [0.1, 0.15) is 0 Å². The van der Waals surface area contributed by atoms with Crippen LogP contribution in [0.5, 0.6) is 0 Å². The molecule has 1 aromatic heterocycles. The Morgan fingerprint density at radius 2 is 2.54 bits per heavy atom. The van der Waals surface area contributed by atoms with Gasteiger partial charge in [-0.2, -0.15) is 0 Å². The Morgan fingerprint density at radius 1 is 1.77 bits per heavy atom. The molecule has 2 rings (SSSR count). The van der Waals surface area contributed by atoms with Gasteiger partial charge >= 0.3 is 0 Å². The van der Waals surface area contributed by atoms with E-state index in [2.05, 4.69) is 20.9 Å². The van der Waals surface area contributed by atoms with E-state index < -0.39 is 5.44 Å². The number of rotatable bonds is 1. The first-order valence-corrected chi connectivity index (χ1v) is 6.06. The van der Waals surface area contributed by atoms with Crippen LogP contribution < -0.4 is 4.90 Å². The summed E-state index contributed by atoms with van der Waals surface area (Å²) in [6.07, 6.45) is 1.64. The van der Waals surface area contributed by atoms with Crippen molar-refractivity contribution >= 4 is 50.1 Å². The summed E-state index contributed by atoms with van der Waals surface area (Å²) in [7, 11) is 0. The molecule has 1 atom stereocenters. The van der Waals surface area contributed by atoms with E-state index in [9.17, 15) is 9.90 Å². The second-order valence-corrected chi connectivity index (χ2v) is 5.79. The molecule has 1 aliphatic heterocycles. The van der Waals surface area contributed by atoms with E-state index in [1.807, 2.05) is 0 Å². The smallest absolute Gasteiger partial charge is 0.268 e. The van der Waals surface area contributed by atoms with Crippen LogP contribution in [0, 0.1) is 0 Å². The third-order valence-electron chi connectivity index (χ3n) is 1.53. The van der Waals surface area contributed by atoms with Gasteiger partial charge in [0.1, 0.15) is 0 Å². The summed E-state index contributed by atoms with van der Waals surface area (Å²) < 4.78 is 0.877. The van der Waals surface area contributed by atoms with Crippen molar-refractivity contribution in [3.8, 4) is 0 Å². The van der Waals surface area contributed by atoms with E-state index in [-0.39, 0.29) is 5.91 Å². The number of anilines is 1. The zero-order valence-electron chi connectivity index (χ0n) is 6.31. The fourth-order valence-corrected chi connectivity index (χ4v) is 3.01. The number of carbonyl (C=O) groups is 1. The van der Waals surface area contributed by atoms with Gasteiger partial charge in [-0.1, -0.05) is 23.1 Å². The van der Waals surface area contributed by atoms with E-state index in [4.69, 9.17) is 0 Å². The van der Waals surface area contributed by atoms with Crippen LogP contribution >= 0.6 is 39.0 Å². The number of aliphatic hydroxyl groups excluding tert-OH is 1. The normalized spacial score (nSPS) is 22.8. The topological polar surface area (TPSA) is 53.4 Å². The van der Waals surface area contributed by atoms with Gasteiger partial charge in [0.2, 0.25) is 0 Å². The minimum absolute atomic E-state index is 0.285. The quantitative estimate of drug-likeness (QED) is 0.842. The molecule has 70 valence electrons. The Bertz CT molecular complexity index is 343. The number of thioether (sulfide) groups is 1. The molecular weight excluding hydrogens is 276 g/mol. The zero-order chi connectivity index (χ0) is 9.42. The molecule has 1 aromatic rings. The van der Waals surface area contributed by atoms with Gasteiger partial charge in [0.15, 0.2) is 10.6 Å². The van der Waals surface area contributed by atoms with Gasteiger partial charge in [-0.25, -0.2) is 4.98 Å². The van der Waals surface area contributed by atoms with Crippen LogP contribution in [0.15, 0.2) is 9.98 Å². The lowest BCUT2D eigenvalue weighted by Gasteiger charge is -2.09. The number of amides is 1. The second kappa shape index (κ2) is 3.56. The van der Waals surface area contributed by atoms with E-state index in [0.717, 1.165) is 3.79 Å². The highest BCUT2D eigenvalue weighted by molar-refractivity contribution is 9.11. The van der Waals surface area contributed by atoms with Crippen LogP contribution in [0.25, 0.3) is 0 Å². The molecule has 0 bridgehead atoms. The van der Waals surface area contributed by atoms with Gasteiger partial charge in [-0.15, -0.1) is 0 Å². The van der Waals surface area contributed by atoms with Gasteiger partial charge in [0.25, 0.3) is 5.91 Å². The molecule has 0 radical (unpaired) electrons. The van der Waals surface area contributed by atoms with Crippen molar-refractivity contribution in [2.24, 2.45) is 0 Å². The summed E-state index contributed by atoms with van der Waals surface area (Å²) in [5, 5.41) is 9.80. The highest BCUT2D eigenvalue weighted by Gasteiger charge is 2.33. The minimum atomic E-state index is -0.928. The van der Waals surface area contributed by atoms with Crippen molar-refractivity contribution in [1.82, 2.24) is 4.98 Å². The van der Waals surface area contributed by atoms with Crippen molar-refractivity contribution in [3.63, 3.8) is 0 Å². The third kappa shape index (κ3) is 1.74. The summed E-state index contributed by atoms with van der Waals surface area (Å²) in [5.74, 6) is 0.187. The SMILES string of the molecule is O=C1C(O)SCN1c1ncc(Br)s1. The Morgan fingerprint density at radius 3 is 3.00 bits per heavy atom. The summed E-state index contributed by atoms with van der Waals surface area (Å²) in [4.78, 5) is 16.8. The highest BCUT2D eigenvalue weighted by atomic mass is 79.9. The van der Waals surface area contributed by atoms with Crippen molar-refractivity contribution in [2.75, 3.05) is 10.8 Å². The van der Waals surface area contributed by atoms with Gasteiger partial charge in [0, 0.05) is 0 Å². The highest BCUT2D eigenvalue weighted by Crippen LogP contribution is 2.32. The molecule has 1 saturated heterocycles. The largest absolute Gasteiger partial charge is 0.373 e. The van der Waals surface area contributed by atoms with E-state index in [0.29, 0.717) is 11.0 Å². The van der Waals surface area contributed by atoms with Crippen molar-refractivity contribution in [2.45, 2.75) is 5.44 Å². The molecule has 7 heteroatoms. The summed E-state index contributed by atoms with van der Waals surface area (Å²) in [6, 6.07) is 0. The summed E-state index contributed by atoms with van der Waals surface area (Å²) >= 11 is 5.84. The first-order valence-electron chi connectivity index (χ1n) is 3.41. The maximum atomic E-state index is 11.3. The molecule has 0 saturated carbocycles. The standard InChI is InChI=1S/C6H5BrN2O2S2/c7-3-1-8-6(13-3)9-2-12-5(11)4(9)10/h1,5,11H,2H2. The Kier molecular flexibility index (Phi) is 2.59. The van der Waals surface area contributed by atoms with Gasteiger partial charge in [-0.05, 0) is 15.9 Å². The fraction of sp³-hybridized carbons (Fsp3) is 0.333. The van der Waals surface area contributed by atoms with Gasteiger partial charge < -0.3 is 5.11 Å². The minimum Gasteiger partial charge on any atom is -0.373 e. The first kappa shape index (κ1) is 9.45. The molecule has 1 aliphatic rings. The molecule has 1 amide bonds. The molecule has 0 aromatic carbocycles. The molecule has 1 fully saturated rings. The van der Waals surface area contributed by atoms with E-state index >= 15 is 0 Å². The van der Waals surface area contributed by atoms with Crippen LogP contribution in [-0.4, -0.2) is 27.3 Å². The average molecular weight is 281 g/mol. The predicted molar refractivity (Wildman–Crippen MR) is 55.8 cm³/mol. The fourth-order valence-electron chi connectivity index (χ4n) is 0.934. The number of aliphatic hydroxyl groups is 1. The number of hydrogen-bond acceptors (Lipinski definition) is 5. The summed E-state index contributed by atoms with van der Waals surface area (Å²) in [6.45, 7) is 0. The average Bonchev–Trinajstić information content (AvgIpc) is 2.62. The molecule has 13 heavy (non-hydrogen) atoms. The van der Waals surface area contributed by atoms with Crippen LogP contribution in [-0.2, 0) is 4.79 Å². The number of thiazole rings is 1. The maximum absolute atomic E-state index is 11.3. The zero-order valence-corrected chi connectivity index (χ0v) is 9.53. The maximum Gasteiger partial charge on any atom is 0.268 e. The lowest BCUT2D eigenvalue weighted by Crippen LogP contribution is -2.28. The predicted octanol–water partition coefficient (Wildman–Crippen LogP) is 1.26. The number of nitrogens with zero attached hydrogens (tertiary/aromatic N) is 2. The molecular formula is C6H5BrN2O2S2. The number of halogens is 1. The first-order chi connectivity index (χ1) is 6.18. The Balaban J connectivity index is 2.23. The Labute approximate surface area is 91.1 Å². The van der Waals surface area contributed by atoms with Crippen molar-refractivity contribution in [1.29, 1.82) is 0 Å². The third-order valence-corrected chi connectivity index (χ3v) is 3.96. The number of aromatic nitrogens is 1. The van der Waals surface area contributed by atoms with E-state index in [1.165, 1.54) is 28.0 Å².